The van der Waals surface area contributed by atoms with Gasteiger partial charge >= 0.3 is 0 Å². The minimum atomic E-state index is -0.139. The van der Waals surface area contributed by atoms with Crippen molar-refractivity contribution in [1.82, 2.24) is 10.3 Å². The van der Waals surface area contributed by atoms with Crippen molar-refractivity contribution in [3.8, 4) is 5.75 Å². The number of hydrogen-bond acceptors (Lipinski definition) is 4. The number of carbonyl (C=O) groups excluding carboxylic acids is 1. The lowest BCUT2D eigenvalue weighted by Gasteiger charge is -2.31. The Bertz CT molecular complexity index is 705. The van der Waals surface area contributed by atoms with E-state index in [1.807, 2.05) is 49.5 Å². The zero-order chi connectivity index (χ0) is 18.4. The molecule has 5 heteroatoms. The molecular formula is C21H27N3O2. The van der Waals surface area contributed by atoms with Gasteiger partial charge in [0.15, 0.2) is 6.61 Å². The van der Waals surface area contributed by atoms with Crippen LogP contribution in [0.15, 0.2) is 42.6 Å². The lowest BCUT2D eigenvalue weighted by molar-refractivity contribution is -0.123. The summed E-state index contributed by atoms with van der Waals surface area (Å²) in [7, 11) is 0. The first-order valence-electron chi connectivity index (χ1n) is 9.26. The van der Waals surface area contributed by atoms with Gasteiger partial charge < -0.3 is 15.0 Å². The summed E-state index contributed by atoms with van der Waals surface area (Å²) in [5, 5.41) is 2.87. The lowest BCUT2D eigenvalue weighted by Crippen LogP contribution is -2.33. The highest BCUT2D eigenvalue weighted by Gasteiger charge is 2.16. The first-order valence-corrected chi connectivity index (χ1v) is 9.26. The predicted octanol–water partition coefficient (Wildman–Crippen LogP) is 3.32. The average Bonchev–Trinajstić information content (AvgIpc) is 2.67. The third-order valence-corrected chi connectivity index (χ3v) is 4.80. The highest BCUT2D eigenvalue weighted by Crippen LogP contribution is 2.21. The molecule has 1 aliphatic heterocycles. The molecule has 1 N–H and O–H groups in total. The zero-order valence-electron chi connectivity index (χ0n) is 15.6. The van der Waals surface area contributed by atoms with E-state index in [2.05, 4.69) is 22.1 Å². The van der Waals surface area contributed by atoms with Crippen molar-refractivity contribution in [2.24, 2.45) is 5.92 Å². The second-order valence-electron chi connectivity index (χ2n) is 7.07. The molecule has 1 fully saturated rings. The van der Waals surface area contributed by atoms with E-state index in [4.69, 9.17) is 4.74 Å². The van der Waals surface area contributed by atoms with Crippen LogP contribution in [0.2, 0.25) is 0 Å². The summed E-state index contributed by atoms with van der Waals surface area (Å²) in [6.45, 7) is 6.93. The van der Waals surface area contributed by atoms with E-state index in [9.17, 15) is 4.79 Å². The molecule has 1 aromatic carbocycles. The van der Waals surface area contributed by atoms with E-state index in [0.29, 0.717) is 12.3 Å². The fourth-order valence-corrected chi connectivity index (χ4v) is 2.98. The number of aromatic nitrogens is 1. The maximum Gasteiger partial charge on any atom is 0.258 e. The number of rotatable bonds is 6. The van der Waals surface area contributed by atoms with Gasteiger partial charge in [-0.1, -0.05) is 30.7 Å². The molecule has 0 atom stereocenters. The molecule has 3 rings (SSSR count). The van der Waals surface area contributed by atoms with Crippen LogP contribution in [-0.2, 0) is 11.3 Å². The molecule has 2 aromatic rings. The molecule has 1 aromatic heterocycles. The van der Waals surface area contributed by atoms with Crippen LogP contribution < -0.4 is 15.0 Å². The van der Waals surface area contributed by atoms with E-state index in [1.54, 1.807) is 0 Å². The first-order chi connectivity index (χ1) is 12.6. The quantitative estimate of drug-likeness (QED) is 0.865. The second-order valence-corrected chi connectivity index (χ2v) is 7.07. The monoisotopic (exact) mass is 353 g/mol. The van der Waals surface area contributed by atoms with Crippen molar-refractivity contribution in [3.05, 3.63) is 53.7 Å². The summed E-state index contributed by atoms with van der Waals surface area (Å²) in [4.78, 5) is 18.8. The molecule has 5 nitrogen and oxygen atoms in total. The molecule has 138 valence electrons. The maximum atomic E-state index is 11.9. The standard InChI is InChI=1S/C21H27N3O2/c1-16-3-6-19(7-4-16)26-15-21(25)23-14-18-5-8-20(22-13-18)24-11-9-17(2)10-12-24/h3-8,13,17H,9-12,14-15H2,1-2H3,(H,23,25). The Morgan fingerprint density at radius 1 is 1.19 bits per heavy atom. The number of ether oxygens (including phenoxy) is 1. The summed E-state index contributed by atoms with van der Waals surface area (Å²) in [5.74, 6) is 2.39. The molecular weight excluding hydrogens is 326 g/mol. The van der Waals surface area contributed by atoms with Crippen molar-refractivity contribution in [2.75, 3.05) is 24.6 Å². The van der Waals surface area contributed by atoms with Crippen molar-refractivity contribution in [1.29, 1.82) is 0 Å². The van der Waals surface area contributed by atoms with Crippen LogP contribution in [0.5, 0.6) is 5.75 Å². The van der Waals surface area contributed by atoms with E-state index in [-0.39, 0.29) is 12.5 Å². The van der Waals surface area contributed by atoms with Crippen LogP contribution in [-0.4, -0.2) is 30.6 Å². The van der Waals surface area contributed by atoms with Gasteiger partial charge in [-0.3, -0.25) is 4.79 Å². The van der Waals surface area contributed by atoms with Crippen molar-refractivity contribution in [2.45, 2.75) is 33.2 Å². The summed E-state index contributed by atoms with van der Waals surface area (Å²) in [6, 6.07) is 11.7. The topological polar surface area (TPSA) is 54.5 Å². The van der Waals surface area contributed by atoms with Gasteiger partial charge in [0.1, 0.15) is 11.6 Å². The normalized spacial score (nSPS) is 14.9. The number of nitrogens with zero attached hydrogens (tertiary/aromatic N) is 2. The number of amides is 1. The Morgan fingerprint density at radius 3 is 2.58 bits per heavy atom. The number of anilines is 1. The molecule has 26 heavy (non-hydrogen) atoms. The largest absolute Gasteiger partial charge is 0.484 e. The molecule has 2 heterocycles. The van der Waals surface area contributed by atoms with Gasteiger partial charge in [0.2, 0.25) is 0 Å². The summed E-state index contributed by atoms with van der Waals surface area (Å²) < 4.78 is 5.48. The van der Waals surface area contributed by atoms with Crippen LogP contribution in [0.3, 0.4) is 0 Å². The van der Waals surface area contributed by atoms with Gasteiger partial charge in [0, 0.05) is 25.8 Å². The summed E-state index contributed by atoms with van der Waals surface area (Å²) in [5.41, 5.74) is 2.15. The molecule has 1 amide bonds. The Balaban J connectivity index is 1.42. The van der Waals surface area contributed by atoms with E-state index < -0.39 is 0 Å². The van der Waals surface area contributed by atoms with Crippen LogP contribution >= 0.6 is 0 Å². The number of benzene rings is 1. The number of aryl methyl sites for hydroxylation is 1. The third-order valence-electron chi connectivity index (χ3n) is 4.80. The number of pyridine rings is 1. The number of piperidine rings is 1. The number of carbonyl (C=O) groups is 1. The van der Waals surface area contributed by atoms with Crippen LogP contribution in [0.1, 0.15) is 30.9 Å². The van der Waals surface area contributed by atoms with Gasteiger partial charge in [0.25, 0.3) is 5.91 Å². The highest BCUT2D eigenvalue weighted by atomic mass is 16.5. The fourth-order valence-electron chi connectivity index (χ4n) is 2.98. The SMILES string of the molecule is Cc1ccc(OCC(=O)NCc2ccc(N3CCC(C)CC3)nc2)cc1. The van der Waals surface area contributed by atoms with Crippen molar-refractivity contribution >= 4 is 11.7 Å². The van der Waals surface area contributed by atoms with Crippen molar-refractivity contribution < 1.29 is 9.53 Å². The van der Waals surface area contributed by atoms with Gasteiger partial charge in [-0.15, -0.1) is 0 Å². The summed E-state index contributed by atoms with van der Waals surface area (Å²) in [6.07, 6.45) is 4.29. The van der Waals surface area contributed by atoms with Crippen LogP contribution in [0.4, 0.5) is 5.82 Å². The zero-order valence-corrected chi connectivity index (χ0v) is 15.6. The highest BCUT2D eigenvalue weighted by molar-refractivity contribution is 5.77. The molecule has 1 saturated heterocycles. The van der Waals surface area contributed by atoms with Gasteiger partial charge in [0.05, 0.1) is 0 Å². The molecule has 0 spiro atoms. The molecule has 0 saturated carbocycles. The third kappa shape index (κ3) is 5.22. The first kappa shape index (κ1) is 18.2. The Hall–Kier alpha value is -2.56. The molecule has 0 bridgehead atoms. The van der Waals surface area contributed by atoms with Crippen molar-refractivity contribution in [3.63, 3.8) is 0 Å². The van der Waals surface area contributed by atoms with E-state index >= 15 is 0 Å². The average molecular weight is 353 g/mol. The Labute approximate surface area is 155 Å². The molecule has 1 aliphatic rings. The maximum absolute atomic E-state index is 11.9. The minimum absolute atomic E-state index is 0.0144. The summed E-state index contributed by atoms with van der Waals surface area (Å²) >= 11 is 0. The van der Waals surface area contributed by atoms with Gasteiger partial charge in [-0.2, -0.15) is 0 Å². The second kappa shape index (κ2) is 8.70. The molecule has 0 radical (unpaired) electrons. The molecule has 0 aliphatic carbocycles. The predicted molar refractivity (Wildman–Crippen MR) is 103 cm³/mol. The van der Waals surface area contributed by atoms with E-state index in [1.165, 1.54) is 12.8 Å². The minimum Gasteiger partial charge on any atom is -0.484 e. The Kier molecular flexibility index (Phi) is 6.10. The van der Waals surface area contributed by atoms with E-state index in [0.717, 1.165) is 36.0 Å². The molecule has 0 unspecified atom stereocenters. The van der Waals surface area contributed by atoms with Crippen LogP contribution in [0.25, 0.3) is 0 Å². The lowest BCUT2D eigenvalue weighted by atomic mass is 9.99. The van der Waals surface area contributed by atoms with Crippen LogP contribution in [0, 0.1) is 12.8 Å². The fraction of sp³-hybridized carbons (Fsp3) is 0.429. The van der Waals surface area contributed by atoms with Gasteiger partial charge in [-0.05, 0) is 49.4 Å². The van der Waals surface area contributed by atoms with Gasteiger partial charge in [-0.25, -0.2) is 4.98 Å². The smallest absolute Gasteiger partial charge is 0.258 e. The number of nitrogens with one attached hydrogen (secondary N) is 1. The Morgan fingerprint density at radius 2 is 1.92 bits per heavy atom. The number of hydrogen-bond donors (Lipinski definition) is 1.